The second-order valence-electron chi connectivity index (χ2n) is 2.56. The third-order valence-corrected chi connectivity index (χ3v) is 1.73. The zero-order valence-corrected chi connectivity index (χ0v) is 14.0. The van der Waals surface area contributed by atoms with E-state index < -0.39 is 34.8 Å². The van der Waals surface area contributed by atoms with Crippen LogP contribution in [0.1, 0.15) is 21.0 Å². The molecular formula is C8H9NNa2O6+2. The van der Waals surface area contributed by atoms with Crippen molar-refractivity contribution in [1.29, 1.82) is 0 Å². The summed E-state index contributed by atoms with van der Waals surface area (Å²) in [5.74, 6) is -3.31. The van der Waals surface area contributed by atoms with Gasteiger partial charge in [-0.25, -0.2) is 9.59 Å². The maximum atomic E-state index is 11.0. The molecule has 0 spiro atoms. The summed E-state index contributed by atoms with van der Waals surface area (Å²) in [5.41, 5.74) is -0.814. The van der Waals surface area contributed by atoms with E-state index in [9.17, 15) is 19.8 Å². The number of nitrogens with one attached hydrogen (secondary N) is 1. The minimum Gasteiger partial charge on any atom is -0.503 e. The Morgan fingerprint density at radius 2 is 1.24 bits per heavy atom. The van der Waals surface area contributed by atoms with Crippen LogP contribution in [-0.4, -0.2) is 41.4 Å². The third-order valence-electron chi connectivity index (χ3n) is 1.73. The summed E-state index contributed by atoms with van der Waals surface area (Å²) >= 11 is 0. The normalized spacial score (nSPS) is 8.59. The number of ether oxygens (including phenoxy) is 2. The van der Waals surface area contributed by atoms with E-state index in [1.807, 2.05) is 0 Å². The Morgan fingerprint density at radius 3 is 1.47 bits per heavy atom. The molecule has 0 aliphatic heterocycles. The number of methoxy groups -OCH3 is 2. The molecule has 0 aliphatic rings. The fourth-order valence-corrected chi connectivity index (χ4v) is 0.980. The van der Waals surface area contributed by atoms with Crippen molar-refractivity contribution in [3.63, 3.8) is 0 Å². The average Bonchev–Trinajstić information content (AvgIpc) is 2.54. The average molecular weight is 261 g/mol. The first-order valence-electron chi connectivity index (χ1n) is 3.83. The fraction of sp³-hybridized carbons (Fsp3) is 0.250. The van der Waals surface area contributed by atoms with E-state index in [0.29, 0.717) is 0 Å². The number of H-pyrrole nitrogens is 1. The van der Waals surface area contributed by atoms with E-state index in [1.165, 1.54) is 0 Å². The minimum atomic E-state index is -0.905. The van der Waals surface area contributed by atoms with Crippen molar-refractivity contribution in [3.05, 3.63) is 11.4 Å². The number of aromatic nitrogens is 1. The molecule has 1 heterocycles. The van der Waals surface area contributed by atoms with Gasteiger partial charge in [-0.2, -0.15) is 0 Å². The van der Waals surface area contributed by atoms with E-state index in [0.717, 1.165) is 14.2 Å². The molecule has 1 aromatic heterocycles. The van der Waals surface area contributed by atoms with Gasteiger partial charge in [-0.05, 0) is 0 Å². The van der Waals surface area contributed by atoms with Crippen LogP contribution in [0.15, 0.2) is 0 Å². The van der Waals surface area contributed by atoms with Crippen LogP contribution < -0.4 is 59.1 Å². The summed E-state index contributed by atoms with van der Waals surface area (Å²) in [6.45, 7) is 0. The number of rotatable bonds is 2. The van der Waals surface area contributed by atoms with Gasteiger partial charge < -0.3 is 24.7 Å². The Balaban J connectivity index is 0. The monoisotopic (exact) mass is 261 g/mol. The van der Waals surface area contributed by atoms with Crippen LogP contribution in [0.2, 0.25) is 0 Å². The van der Waals surface area contributed by atoms with Gasteiger partial charge >= 0.3 is 71.1 Å². The standard InChI is InChI=1S/C8H9NO6.2Na/c1-14-7(12)3-5(10)6(11)4(9-3)8(13)15-2;;/h9-11H,1-2H3;;/q;2*+1. The van der Waals surface area contributed by atoms with Crippen molar-refractivity contribution >= 4 is 11.9 Å². The second kappa shape index (κ2) is 8.02. The minimum absolute atomic E-state index is 0. The van der Waals surface area contributed by atoms with Gasteiger partial charge in [0, 0.05) is 0 Å². The molecule has 0 atom stereocenters. The Labute approximate surface area is 141 Å². The quantitative estimate of drug-likeness (QED) is 0.361. The second-order valence-corrected chi connectivity index (χ2v) is 2.56. The molecule has 82 valence electrons. The molecule has 0 fully saturated rings. The van der Waals surface area contributed by atoms with Crippen LogP contribution in [0.3, 0.4) is 0 Å². The van der Waals surface area contributed by atoms with E-state index >= 15 is 0 Å². The van der Waals surface area contributed by atoms with Crippen LogP contribution in [0, 0.1) is 0 Å². The van der Waals surface area contributed by atoms with Crippen molar-refractivity contribution in [3.8, 4) is 11.5 Å². The van der Waals surface area contributed by atoms with Crippen LogP contribution in [0.5, 0.6) is 11.5 Å². The van der Waals surface area contributed by atoms with Gasteiger partial charge in [0.25, 0.3) is 0 Å². The number of carbonyl (C=O) groups excluding carboxylic acids is 2. The number of aromatic hydroxyl groups is 2. The van der Waals surface area contributed by atoms with Gasteiger partial charge in [0.2, 0.25) is 0 Å². The Morgan fingerprint density at radius 1 is 0.941 bits per heavy atom. The largest absolute Gasteiger partial charge is 1.00 e. The summed E-state index contributed by atoms with van der Waals surface area (Å²) in [6.07, 6.45) is 0. The SMILES string of the molecule is COC(=O)c1[nH]c(C(=O)OC)c(O)c1O.[Na+].[Na+]. The number of carbonyl (C=O) groups is 2. The van der Waals surface area contributed by atoms with Gasteiger partial charge in [0.1, 0.15) is 0 Å². The number of esters is 2. The zero-order chi connectivity index (χ0) is 11.6. The molecule has 0 amide bonds. The van der Waals surface area contributed by atoms with Crippen molar-refractivity contribution in [2.75, 3.05) is 14.2 Å². The third kappa shape index (κ3) is 3.90. The molecule has 0 unspecified atom stereocenters. The van der Waals surface area contributed by atoms with Gasteiger partial charge in [0.05, 0.1) is 14.2 Å². The molecule has 0 saturated heterocycles. The van der Waals surface area contributed by atoms with Crippen molar-refractivity contribution in [1.82, 2.24) is 4.98 Å². The smallest absolute Gasteiger partial charge is 0.503 e. The number of hydrogen-bond acceptors (Lipinski definition) is 6. The summed E-state index contributed by atoms with van der Waals surface area (Å²) in [4.78, 5) is 24.3. The molecule has 3 N–H and O–H groups in total. The molecular weight excluding hydrogens is 252 g/mol. The number of aromatic amines is 1. The number of hydrogen-bond donors (Lipinski definition) is 3. The first kappa shape index (κ1) is 19.2. The summed E-state index contributed by atoms with van der Waals surface area (Å²) in [7, 11) is 2.19. The Hall–Kier alpha value is -0.180. The van der Waals surface area contributed by atoms with E-state index in [-0.39, 0.29) is 59.1 Å². The predicted molar refractivity (Wildman–Crippen MR) is 46.8 cm³/mol. The van der Waals surface area contributed by atoms with Crippen LogP contribution in [0.4, 0.5) is 0 Å². The van der Waals surface area contributed by atoms with E-state index in [2.05, 4.69) is 14.5 Å². The molecule has 7 nitrogen and oxygen atoms in total. The Kier molecular flexibility index (Phi) is 9.04. The summed E-state index contributed by atoms with van der Waals surface area (Å²) in [5, 5.41) is 18.5. The summed E-state index contributed by atoms with van der Waals surface area (Å²) in [6, 6.07) is 0. The molecule has 0 radical (unpaired) electrons. The van der Waals surface area contributed by atoms with Gasteiger partial charge in [-0.1, -0.05) is 0 Å². The van der Waals surface area contributed by atoms with Gasteiger partial charge in [-0.3, -0.25) is 0 Å². The van der Waals surface area contributed by atoms with Crippen molar-refractivity contribution < 1.29 is 88.4 Å². The molecule has 0 aromatic carbocycles. The maximum Gasteiger partial charge on any atom is 1.00 e. The van der Waals surface area contributed by atoms with Crippen LogP contribution in [-0.2, 0) is 9.47 Å². The van der Waals surface area contributed by atoms with Crippen molar-refractivity contribution in [2.45, 2.75) is 0 Å². The van der Waals surface area contributed by atoms with E-state index in [4.69, 9.17) is 0 Å². The molecule has 17 heavy (non-hydrogen) atoms. The first-order valence-corrected chi connectivity index (χ1v) is 3.83. The maximum absolute atomic E-state index is 11.0. The first-order chi connectivity index (χ1) is 7.02. The molecule has 0 saturated carbocycles. The topological polar surface area (TPSA) is 109 Å². The molecule has 0 aliphatic carbocycles. The van der Waals surface area contributed by atoms with Crippen molar-refractivity contribution in [2.24, 2.45) is 0 Å². The fourth-order valence-electron chi connectivity index (χ4n) is 0.980. The van der Waals surface area contributed by atoms with E-state index in [1.54, 1.807) is 0 Å². The summed E-state index contributed by atoms with van der Waals surface area (Å²) < 4.78 is 8.61. The zero-order valence-electron chi connectivity index (χ0n) is 10.0. The van der Waals surface area contributed by atoms with Crippen LogP contribution in [0.25, 0.3) is 0 Å². The van der Waals surface area contributed by atoms with Crippen LogP contribution >= 0.6 is 0 Å². The molecule has 9 heteroatoms. The predicted octanol–water partition coefficient (Wildman–Crippen LogP) is -5.99. The molecule has 0 bridgehead atoms. The molecule has 1 aromatic rings. The Bertz CT molecular complexity index is 380. The van der Waals surface area contributed by atoms with Gasteiger partial charge in [-0.15, -0.1) is 0 Å². The molecule has 1 rings (SSSR count). The van der Waals surface area contributed by atoms with Gasteiger partial charge in [0.15, 0.2) is 22.9 Å².